The summed E-state index contributed by atoms with van der Waals surface area (Å²) in [6.07, 6.45) is 3.18. The lowest BCUT2D eigenvalue weighted by Crippen LogP contribution is -2.49. The Morgan fingerprint density at radius 2 is 1.75 bits per heavy atom. The molecule has 5 unspecified atom stereocenters. The van der Waals surface area contributed by atoms with Crippen LogP contribution in [0.2, 0.25) is 5.02 Å². The highest BCUT2D eigenvalue weighted by atomic mass is 35.5. The van der Waals surface area contributed by atoms with E-state index in [1.54, 1.807) is 0 Å². The molecule has 0 amide bonds. The Labute approximate surface area is 195 Å². The van der Waals surface area contributed by atoms with Gasteiger partial charge in [0, 0.05) is 23.0 Å². The van der Waals surface area contributed by atoms with Gasteiger partial charge in [-0.25, -0.2) is 0 Å². The van der Waals surface area contributed by atoms with Gasteiger partial charge in [-0.1, -0.05) is 72.3 Å². The molecule has 3 aromatic rings. The van der Waals surface area contributed by atoms with E-state index in [0.717, 1.165) is 28.1 Å². The number of nitrogens with one attached hydrogen (secondary N) is 1. The SMILES string of the molecule is CC(O)c1ccccc1-c1ccc(COC2C3CCC(CC2c2ccc(Cl)cc2)N3)cc1. The number of fused-ring (bicyclic) bond motifs is 2. The highest BCUT2D eigenvalue weighted by molar-refractivity contribution is 6.30. The summed E-state index contributed by atoms with van der Waals surface area (Å²) in [6.45, 7) is 2.40. The van der Waals surface area contributed by atoms with Gasteiger partial charge in [-0.3, -0.25) is 0 Å². The van der Waals surface area contributed by atoms with Crippen molar-refractivity contribution in [2.45, 2.75) is 63.0 Å². The second-order valence-corrected chi connectivity index (χ2v) is 9.61. The summed E-state index contributed by atoms with van der Waals surface area (Å²) >= 11 is 6.12. The zero-order chi connectivity index (χ0) is 22.1. The third kappa shape index (κ3) is 4.49. The molecule has 2 fully saturated rings. The molecule has 0 aromatic heterocycles. The van der Waals surface area contributed by atoms with Crippen molar-refractivity contribution in [3.05, 3.63) is 94.5 Å². The Bertz CT molecular complexity index is 1050. The zero-order valence-electron chi connectivity index (χ0n) is 18.4. The topological polar surface area (TPSA) is 41.5 Å². The summed E-state index contributed by atoms with van der Waals surface area (Å²) in [5.41, 5.74) is 5.63. The lowest BCUT2D eigenvalue weighted by molar-refractivity contribution is -0.0133. The average molecular weight is 448 g/mol. The van der Waals surface area contributed by atoms with Gasteiger partial charge in [-0.05, 0) is 66.1 Å². The molecule has 166 valence electrons. The molecule has 0 saturated carbocycles. The molecule has 0 spiro atoms. The summed E-state index contributed by atoms with van der Waals surface area (Å²) < 4.78 is 6.57. The molecule has 0 aliphatic carbocycles. The standard InChI is InChI=1S/C28H30ClNO2/c1-18(31)24-4-2-3-5-25(24)20-8-6-19(7-9-20)17-32-28-26(16-23-14-15-27(28)30-23)21-10-12-22(29)13-11-21/h2-13,18,23,26-28,30-31H,14-17H2,1H3. The summed E-state index contributed by atoms with van der Waals surface area (Å²) in [5.74, 6) is 0.392. The second-order valence-electron chi connectivity index (χ2n) is 9.18. The van der Waals surface area contributed by atoms with Crippen molar-refractivity contribution in [2.75, 3.05) is 0 Å². The van der Waals surface area contributed by atoms with Gasteiger partial charge in [0.15, 0.2) is 0 Å². The fourth-order valence-corrected chi connectivity index (χ4v) is 5.51. The summed E-state index contributed by atoms with van der Waals surface area (Å²) in [7, 11) is 0. The van der Waals surface area contributed by atoms with Crippen molar-refractivity contribution >= 4 is 11.6 Å². The maximum atomic E-state index is 10.1. The molecular weight excluding hydrogens is 418 g/mol. The van der Waals surface area contributed by atoms with Gasteiger partial charge in [0.05, 0.1) is 18.8 Å². The Hall–Kier alpha value is -2.17. The molecule has 5 atom stereocenters. The van der Waals surface area contributed by atoms with Gasteiger partial charge in [-0.2, -0.15) is 0 Å². The monoisotopic (exact) mass is 447 g/mol. The number of ether oxygens (including phenoxy) is 1. The van der Waals surface area contributed by atoms with Gasteiger partial charge < -0.3 is 15.2 Å². The van der Waals surface area contributed by atoms with Gasteiger partial charge in [0.2, 0.25) is 0 Å². The molecule has 3 aromatic carbocycles. The van der Waals surface area contributed by atoms with Crippen molar-refractivity contribution in [2.24, 2.45) is 0 Å². The van der Waals surface area contributed by atoms with E-state index in [-0.39, 0.29) is 6.10 Å². The lowest BCUT2D eigenvalue weighted by Gasteiger charge is -2.38. The van der Waals surface area contributed by atoms with Crippen LogP contribution in [0.1, 0.15) is 54.9 Å². The van der Waals surface area contributed by atoms with Crippen molar-refractivity contribution in [3.8, 4) is 11.1 Å². The van der Waals surface area contributed by atoms with E-state index in [4.69, 9.17) is 16.3 Å². The number of rotatable bonds is 6. The molecule has 32 heavy (non-hydrogen) atoms. The van der Waals surface area contributed by atoms with E-state index >= 15 is 0 Å². The minimum atomic E-state index is -0.493. The molecule has 2 bridgehead atoms. The van der Waals surface area contributed by atoms with Crippen LogP contribution in [0.15, 0.2) is 72.8 Å². The Kier molecular flexibility index (Phi) is 6.34. The van der Waals surface area contributed by atoms with Crippen LogP contribution < -0.4 is 5.32 Å². The molecule has 2 N–H and O–H groups in total. The van der Waals surface area contributed by atoms with Gasteiger partial charge in [0.1, 0.15) is 0 Å². The van der Waals surface area contributed by atoms with Gasteiger partial charge in [0.25, 0.3) is 0 Å². The maximum absolute atomic E-state index is 10.1. The first kappa shape index (κ1) is 21.7. The maximum Gasteiger partial charge on any atom is 0.0801 e. The van der Waals surface area contributed by atoms with E-state index in [9.17, 15) is 5.11 Å². The van der Waals surface area contributed by atoms with Crippen molar-refractivity contribution in [1.82, 2.24) is 5.32 Å². The smallest absolute Gasteiger partial charge is 0.0801 e. The number of benzene rings is 3. The number of aliphatic hydroxyl groups excluding tert-OH is 1. The van der Waals surface area contributed by atoms with E-state index < -0.39 is 6.10 Å². The molecule has 0 radical (unpaired) electrons. The molecule has 4 heteroatoms. The first-order chi connectivity index (χ1) is 15.6. The van der Waals surface area contributed by atoms with E-state index in [2.05, 4.69) is 47.8 Å². The van der Waals surface area contributed by atoms with Crippen LogP contribution in [-0.4, -0.2) is 23.3 Å². The Balaban J connectivity index is 1.31. The Morgan fingerprint density at radius 3 is 2.50 bits per heavy atom. The molecule has 2 aliphatic rings. The van der Waals surface area contributed by atoms with Crippen molar-refractivity contribution in [1.29, 1.82) is 0 Å². The predicted molar refractivity (Wildman–Crippen MR) is 130 cm³/mol. The van der Waals surface area contributed by atoms with E-state index in [1.807, 2.05) is 37.3 Å². The molecule has 3 nitrogen and oxygen atoms in total. The third-order valence-corrected chi connectivity index (χ3v) is 7.28. The fraction of sp³-hybridized carbons (Fsp3) is 0.357. The minimum Gasteiger partial charge on any atom is -0.389 e. The highest BCUT2D eigenvalue weighted by Gasteiger charge is 2.42. The first-order valence-corrected chi connectivity index (χ1v) is 12.0. The van der Waals surface area contributed by atoms with Crippen LogP contribution >= 0.6 is 11.6 Å². The minimum absolute atomic E-state index is 0.158. The molecular formula is C28H30ClNO2. The molecule has 2 aliphatic heterocycles. The average Bonchev–Trinajstić information content (AvgIpc) is 3.21. The van der Waals surface area contributed by atoms with Gasteiger partial charge >= 0.3 is 0 Å². The number of aliphatic hydroxyl groups is 1. The van der Waals surface area contributed by atoms with Gasteiger partial charge in [-0.15, -0.1) is 0 Å². The quantitative estimate of drug-likeness (QED) is 0.469. The van der Waals surface area contributed by atoms with Crippen LogP contribution in [0.25, 0.3) is 11.1 Å². The largest absolute Gasteiger partial charge is 0.389 e. The fourth-order valence-electron chi connectivity index (χ4n) is 5.38. The number of hydrogen-bond donors (Lipinski definition) is 2. The molecule has 2 saturated heterocycles. The normalized spacial score (nSPS) is 25.6. The van der Waals surface area contributed by atoms with Crippen molar-refractivity contribution in [3.63, 3.8) is 0 Å². The van der Waals surface area contributed by atoms with E-state index in [1.165, 1.54) is 24.0 Å². The van der Waals surface area contributed by atoms with Crippen molar-refractivity contribution < 1.29 is 9.84 Å². The molecule has 5 rings (SSSR count). The number of halogens is 1. The highest BCUT2D eigenvalue weighted by Crippen LogP contribution is 2.40. The summed E-state index contributed by atoms with van der Waals surface area (Å²) in [4.78, 5) is 0. The van der Waals surface area contributed by atoms with Crippen LogP contribution in [0, 0.1) is 0 Å². The van der Waals surface area contributed by atoms with Crippen LogP contribution in [0.3, 0.4) is 0 Å². The second kappa shape index (κ2) is 9.36. The summed E-state index contributed by atoms with van der Waals surface area (Å²) in [5, 5.41) is 14.6. The van der Waals surface area contributed by atoms with E-state index in [0.29, 0.717) is 24.6 Å². The van der Waals surface area contributed by atoms with Crippen LogP contribution in [-0.2, 0) is 11.3 Å². The predicted octanol–water partition coefficient (Wildman–Crippen LogP) is 6.25. The first-order valence-electron chi connectivity index (χ1n) is 11.6. The Morgan fingerprint density at radius 1 is 1.00 bits per heavy atom. The zero-order valence-corrected chi connectivity index (χ0v) is 19.1. The lowest BCUT2D eigenvalue weighted by atomic mass is 9.83. The summed E-state index contributed by atoms with van der Waals surface area (Å²) in [6, 6.07) is 25.8. The van der Waals surface area contributed by atoms with Crippen LogP contribution in [0.5, 0.6) is 0 Å². The number of piperidine rings is 1. The number of hydrogen-bond acceptors (Lipinski definition) is 3. The third-order valence-electron chi connectivity index (χ3n) is 7.02. The van der Waals surface area contributed by atoms with Crippen LogP contribution in [0.4, 0.5) is 0 Å². The molecule has 2 heterocycles.